The van der Waals surface area contributed by atoms with Gasteiger partial charge in [-0.15, -0.1) is 0 Å². The van der Waals surface area contributed by atoms with E-state index in [9.17, 15) is 9.59 Å². The SMILES string of the molecule is CO[C@@H](C(=O)N[C@@H](Cc1cccc(C)c1)C(N)=O)c1ccccc1. The van der Waals surface area contributed by atoms with Gasteiger partial charge in [-0.25, -0.2) is 0 Å². The lowest BCUT2D eigenvalue weighted by molar-refractivity contribution is -0.134. The summed E-state index contributed by atoms with van der Waals surface area (Å²) < 4.78 is 5.28. The normalized spacial score (nSPS) is 13.1. The van der Waals surface area contributed by atoms with Crippen molar-refractivity contribution in [2.45, 2.75) is 25.5 Å². The molecule has 0 aliphatic rings. The average molecular weight is 326 g/mol. The number of nitrogens with two attached hydrogens (primary N) is 1. The van der Waals surface area contributed by atoms with Gasteiger partial charge in [0.2, 0.25) is 5.91 Å². The minimum absolute atomic E-state index is 0.341. The van der Waals surface area contributed by atoms with Crippen LogP contribution in [0.3, 0.4) is 0 Å². The lowest BCUT2D eigenvalue weighted by Crippen LogP contribution is -2.47. The standard InChI is InChI=1S/C19H22N2O3/c1-13-7-6-8-14(11-13)12-16(18(20)22)21-19(23)17(24-2)15-9-4-3-5-10-15/h3-11,16-17H,12H2,1-2H3,(H2,20,22)(H,21,23)/t16-,17+/m0/s1. The van der Waals surface area contributed by atoms with E-state index in [4.69, 9.17) is 10.5 Å². The van der Waals surface area contributed by atoms with Crippen LogP contribution in [0, 0.1) is 6.92 Å². The molecule has 0 aliphatic heterocycles. The molecule has 0 saturated carbocycles. The summed E-state index contributed by atoms with van der Waals surface area (Å²) >= 11 is 0. The fraction of sp³-hybridized carbons (Fsp3) is 0.263. The first-order valence-corrected chi connectivity index (χ1v) is 7.74. The summed E-state index contributed by atoms with van der Waals surface area (Å²) in [6, 6.07) is 16.1. The van der Waals surface area contributed by atoms with Crippen LogP contribution in [0.1, 0.15) is 22.8 Å². The maximum atomic E-state index is 12.5. The Bertz CT molecular complexity index is 701. The molecule has 0 aliphatic carbocycles. The average Bonchev–Trinajstić information content (AvgIpc) is 2.56. The van der Waals surface area contributed by atoms with Crippen molar-refractivity contribution in [3.05, 3.63) is 71.3 Å². The molecule has 2 aromatic rings. The number of rotatable bonds is 7. The lowest BCUT2D eigenvalue weighted by Gasteiger charge is -2.20. The number of ether oxygens (including phenoxy) is 1. The van der Waals surface area contributed by atoms with E-state index in [2.05, 4.69) is 5.32 Å². The summed E-state index contributed by atoms with van der Waals surface area (Å²) in [5.41, 5.74) is 8.20. The quantitative estimate of drug-likeness (QED) is 0.815. The van der Waals surface area contributed by atoms with Crippen molar-refractivity contribution in [1.82, 2.24) is 5.32 Å². The highest BCUT2D eigenvalue weighted by molar-refractivity contribution is 5.89. The van der Waals surface area contributed by atoms with Gasteiger partial charge in [0.1, 0.15) is 6.04 Å². The Morgan fingerprint density at radius 3 is 2.42 bits per heavy atom. The van der Waals surface area contributed by atoms with Crippen LogP contribution in [-0.4, -0.2) is 25.0 Å². The molecule has 3 N–H and O–H groups in total. The molecule has 2 aromatic carbocycles. The predicted octanol–water partition coefficient (Wildman–Crippen LogP) is 1.90. The molecule has 2 rings (SSSR count). The van der Waals surface area contributed by atoms with E-state index in [0.29, 0.717) is 6.42 Å². The molecule has 0 heterocycles. The molecule has 126 valence electrons. The van der Waals surface area contributed by atoms with Crippen LogP contribution in [0.15, 0.2) is 54.6 Å². The number of primary amides is 1. The van der Waals surface area contributed by atoms with Gasteiger partial charge in [0.05, 0.1) is 0 Å². The van der Waals surface area contributed by atoms with Crippen LogP contribution >= 0.6 is 0 Å². The van der Waals surface area contributed by atoms with Gasteiger partial charge in [-0.2, -0.15) is 0 Å². The van der Waals surface area contributed by atoms with Gasteiger partial charge in [0.15, 0.2) is 6.10 Å². The topological polar surface area (TPSA) is 81.4 Å². The molecule has 0 bridgehead atoms. The van der Waals surface area contributed by atoms with Gasteiger partial charge in [-0.3, -0.25) is 9.59 Å². The first kappa shape index (κ1) is 17.7. The second-order valence-corrected chi connectivity index (χ2v) is 5.68. The number of carbonyl (C=O) groups is 2. The van der Waals surface area contributed by atoms with Gasteiger partial charge in [-0.05, 0) is 18.1 Å². The van der Waals surface area contributed by atoms with Crippen molar-refractivity contribution in [2.24, 2.45) is 5.73 Å². The van der Waals surface area contributed by atoms with Crippen LogP contribution in [0.5, 0.6) is 0 Å². The summed E-state index contributed by atoms with van der Waals surface area (Å²) in [5, 5.41) is 2.70. The molecule has 0 spiro atoms. The number of hydrogen-bond acceptors (Lipinski definition) is 3. The number of aryl methyl sites for hydroxylation is 1. The van der Waals surface area contributed by atoms with Gasteiger partial charge in [-0.1, -0.05) is 60.2 Å². The van der Waals surface area contributed by atoms with Crippen molar-refractivity contribution in [1.29, 1.82) is 0 Å². The van der Waals surface area contributed by atoms with E-state index >= 15 is 0 Å². The second kappa shape index (κ2) is 8.26. The van der Waals surface area contributed by atoms with Crippen molar-refractivity contribution in [2.75, 3.05) is 7.11 Å². The molecule has 0 fully saturated rings. The Balaban J connectivity index is 2.11. The fourth-order valence-electron chi connectivity index (χ4n) is 2.57. The minimum Gasteiger partial charge on any atom is -0.368 e. The first-order valence-electron chi connectivity index (χ1n) is 7.74. The zero-order chi connectivity index (χ0) is 17.5. The number of nitrogens with one attached hydrogen (secondary N) is 1. The maximum absolute atomic E-state index is 12.5. The number of benzene rings is 2. The molecule has 5 nitrogen and oxygen atoms in total. The minimum atomic E-state index is -0.791. The molecular weight excluding hydrogens is 304 g/mol. The summed E-state index contributed by atoms with van der Waals surface area (Å²) in [6.45, 7) is 1.97. The Hall–Kier alpha value is -2.66. The van der Waals surface area contributed by atoms with Crippen molar-refractivity contribution < 1.29 is 14.3 Å². The van der Waals surface area contributed by atoms with Gasteiger partial charge in [0.25, 0.3) is 5.91 Å². The van der Waals surface area contributed by atoms with E-state index < -0.39 is 18.1 Å². The summed E-state index contributed by atoms with van der Waals surface area (Å²) in [6.07, 6.45) is -0.445. The molecule has 2 atom stereocenters. The number of carbonyl (C=O) groups excluding carboxylic acids is 2. The van der Waals surface area contributed by atoms with Gasteiger partial charge in [0, 0.05) is 13.5 Å². The fourth-order valence-corrected chi connectivity index (χ4v) is 2.57. The Kier molecular flexibility index (Phi) is 6.09. The Morgan fingerprint density at radius 1 is 1.12 bits per heavy atom. The van der Waals surface area contributed by atoms with E-state index in [0.717, 1.165) is 16.7 Å². The van der Waals surface area contributed by atoms with Crippen LogP contribution in [-0.2, 0) is 20.7 Å². The number of methoxy groups -OCH3 is 1. The van der Waals surface area contributed by atoms with Crippen LogP contribution in [0.4, 0.5) is 0 Å². The monoisotopic (exact) mass is 326 g/mol. The van der Waals surface area contributed by atoms with Crippen molar-refractivity contribution in [3.8, 4) is 0 Å². The molecule has 0 saturated heterocycles. The third kappa shape index (κ3) is 4.67. The lowest BCUT2D eigenvalue weighted by atomic mass is 10.0. The third-order valence-corrected chi connectivity index (χ3v) is 3.76. The van der Waals surface area contributed by atoms with Crippen LogP contribution in [0.25, 0.3) is 0 Å². The van der Waals surface area contributed by atoms with Gasteiger partial charge >= 0.3 is 0 Å². The smallest absolute Gasteiger partial charge is 0.254 e. The Labute approximate surface area is 141 Å². The number of hydrogen-bond donors (Lipinski definition) is 2. The van der Waals surface area contributed by atoms with Gasteiger partial charge < -0.3 is 15.8 Å². The van der Waals surface area contributed by atoms with Crippen LogP contribution < -0.4 is 11.1 Å². The molecule has 0 radical (unpaired) electrons. The highest BCUT2D eigenvalue weighted by Crippen LogP contribution is 2.17. The van der Waals surface area contributed by atoms with Crippen molar-refractivity contribution >= 4 is 11.8 Å². The predicted molar refractivity (Wildman–Crippen MR) is 92.2 cm³/mol. The summed E-state index contributed by atoms with van der Waals surface area (Å²) in [4.78, 5) is 24.2. The molecule has 0 aromatic heterocycles. The second-order valence-electron chi connectivity index (χ2n) is 5.68. The maximum Gasteiger partial charge on any atom is 0.254 e. The van der Waals surface area contributed by atoms with Crippen molar-refractivity contribution in [3.63, 3.8) is 0 Å². The molecule has 0 unspecified atom stereocenters. The summed E-state index contributed by atoms with van der Waals surface area (Å²) in [7, 11) is 1.46. The van der Waals surface area contributed by atoms with E-state index in [1.165, 1.54) is 7.11 Å². The summed E-state index contributed by atoms with van der Waals surface area (Å²) in [5.74, 6) is -0.965. The zero-order valence-electron chi connectivity index (χ0n) is 13.9. The van der Waals surface area contributed by atoms with E-state index in [1.54, 1.807) is 12.1 Å². The molecule has 2 amide bonds. The number of amides is 2. The highest BCUT2D eigenvalue weighted by Gasteiger charge is 2.25. The molecular formula is C19H22N2O3. The highest BCUT2D eigenvalue weighted by atomic mass is 16.5. The largest absolute Gasteiger partial charge is 0.368 e. The van der Waals surface area contributed by atoms with E-state index in [-0.39, 0.29) is 5.91 Å². The van der Waals surface area contributed by atoms with E-state index in [1.807, 2.05) is 49.4 Å². The third-order valence-electron chi connectivity index (χ3n) is 3.76. The Morgan fingerprint density at radius 2 is 1.83 bits per heavy atom. The zero-order valence-corrected chi connectivity index (χ0v) is 13.9. The molecule has 5 heteroatoms. The molecule has 24 heavy (non-hydrogen) atoms. The van der Waals surface area contributed by atoms with Crippen LogP contribution in [0.2, 0.25) is 0 Å². The first-order chi connectivity index (χ1) is 11.5.